The van der Waals surface area contributed by atoms with Crippen molar-refractivity contribution in [1.29, 1.82) is 0 Å². The highest BCUT2D eigenvalue weighted by Gasteiger charge is 2.54. The molecule has 1 aromatic carbocycles. The third-order valence-corrected chi connectivity index (χ3v) is 5.21. The molecule has 2 aromatic rings. The second-order valence-electron chi connectivity index (χ2n) is 6.92. The number of hydrogen-bond donors (Lipinski definition) is 3. The number of fused-ring (bicyclic) bond motifs is 1. The summed E-state index contributed by atoms with van der Waals surface area (Å²) in [4.78, 5) is 29.1. The first-order valence-electron chi connectivity index (χ1n) is 8.94. The van der Waals surface area contributed by atoms with E-state index in [1.165, 1.54) is 19.2 Å². The van der Waals surface area contributed by atoms with E-state index in [1.54, 1.807) is 12.1 Å². The quantitative estimate of drug-likeness (QED) is 0.729. The van der Waals surface area contributed by atoms with Crippen molar-refractivity contribution >= 4 is 11.8 Å². The van der Waals surface area contributed by atoms with Crippen LogP contribution in [0.15, 0.2) is 42.5 Å². The van der Waals surface area contributed by atoms with Crippen LogP contribution < -0.4 is 10.6 Å². The molecule has 2 heterocycles. The first-order chi connectivity index (χ1) is 13.1. The number of pyridine rings is 1. The Labute approximate surface area is 156 Å². The highest BCUT2D eigenvalue weighted by atomic mass is 16.5. The summed E-state index contributed by atoms with van der Waals surface area (Å²) in [6, 6.07) is 12.1. The standard InChI is InChI=1S/C20H21N3O4/c1-21-20(26)16-8-12(19(25)23-17-13-9-27-10-14(13)17)7-15(22-16)18(24)11-5-3-2-4-6-11/h2-8,13-14,17-18,24H,9-10H2,1H3,(H,21,26)(H,23,25)/t13-,14+,17?,18-/m1/s1. The Kier molecular flexibility index (Phi) is 4.63. The van der Waals surface area contributed by atoms with Crippen LogP contribution in [-0.4, -0.2) is 48.2 Å². The molecule has 1 saturated heterocycles. The van der Waals surface area contributed by atoms with Crippen molar-refractivity contribution < 1.29 is 19.4 Å². The van der Waals surface area contributed by atoms with Gasteiger partial charge in [-0.2, -0.15) is 0 Å². The first-order valence-corrected chi connectivity index (χ1v) is 8.94. The number of rotatable bonds is 5. The summed E-state index contributed by atoms with van der Waals surface area (Å²) < 4.78 is 5.34. The fourth-order valence-corrected chi connectivity index (χ4v) is 3.56. The van der Waals surface area contributed by atoms with Gasteiger partial charge in [0.25, 0.3) is 11.8 Å². The van der Waals surface area contributed by atoms with Gasteiger partial charge in [0.1, 0.15) is 11.8 Å². The number of benzene rings is 1. The summed E-state index contributed by atoms with van der Waals surface area (Å²) >= 11 is 0. The van der Waals surface area contributed by atoms with Crippen molar-refractivity contribution in [3.8, 4) is 0 Å². The largest absolute Gasteiger partial charge is 0.382 e. The van der Waals surface area contributed by atoms with Gasteiger partial charge in [-0.05, 0) is 17.7 Å². The maximum Gasteiger partial charge on any atom is 0.269 e. The Morgan fingerprint density at radius 3 is 2.52 bits per heavy atom. The third-order valence-electron chi connectivity index (χ3n) is 5.21. The average Bonchev–Trinajstić information content (AvgIpc) is 3.13. The monoisotopic (exact) mass is 367 g/mol. The zero-order valence-corrected chi connectivity index (χ0v) is 14.9. The number of nitrogens with one attached hydrogen (secondary N) is 2. The van der Waals surface area contributed by atoms with Crippen LogP contribution in [0.4, 0.5) is 0 Å². The van der Waals surface area contributed by atoms with Gasteiger partial charge in [0, 0.05) is 30.5 Å². The van der Waals surface area contributed by atoms with Crippen molar-refractivity contribution in [2.24, 2.45) is 11.8 Å². The Bertz CT molecular complexity index is 861. The minimum Gasteiger partial charge on any atom is -0.382 e. The average molecular weight is 367 g/mol. The molecule has 7 heteroatoms. The van der Waals surface area contributed by atoms with Crippen LogP contribution in [-0.2, 0) is 4.74 Å². The maximum atomic E-state index is 12.7. The van der Waals surface area contributed by atoms with Crippen molar-refractivity contribution in [2.45, 2.75) is 12.1 Å². The molecule has 1 aliphatic heterocycles. The molecule has 1 aliphatic carbocycles. The summed E-state index contributed by atoms with van der Waals surface area (Å²) in [5.74, 6) is 0.0680. The van der Waals surface area contributed by atoms with E-state index in [0.717, 1.165) is 0 Å². The van der Waals surface area contributed by atoms with Gasteiger partial charge >= 0.3 is 0 Å². The van der Waals surface area contributed by atoms with Gasteiger partial charge in [0.15, 0.2) is 0 Å². The summed E-state index contributed by atoms with van der Waals surface area (Å²) in [6.45, 7) is 1.35. The van der Waals surface area contributed by atoms with Gasteiger partial charge in [-0.1, -0.05) is 30.3 Å². The Morgan fingerprint density at radius 2 is 1.85 bits per heavy atom. The highest BCUT2D eigenvalue weighted by molar-refractivity contribution is 5.99. The lowest BCUT2D eigenvalue weighted by molar-refractivity contribution is 0.0928. The molecule has 0 radical (unpaired) electrons. The van der Waals surface area contributed by atoms with Crippen LogP contribution in [0.25, 0.3) is 0 Å². The van der Waals surface area contributed by atoms with Crippen LogP contribution >= 0.6 is 0 Å². The molecule has 3 N–H and O–H groups in total. The number of carbonyl (C=O) groups is 2. The van der Waals surface area contributed by atoms with Gasteiger partial charge in [-0.25, -0.2) is 4.98 Å². The molecule has 2 aliphatic rings. The molecule has 2 fully saturated rings. The second kappa shape index (κ2) is 7.09. The molecule has 0 spiro atoms. The summed E-state index contributed by atoms with van der Waals surface area (Å²) in [5.41, 5.74) is 1.29. The lowest BCUT2D eigenvalue weighted by Crippen LogP contribution is -2.31. The van der Waals surface area contributed by atoms with Gasteiger partial charge in [0.05, 0.1) is 18.9 Å². The summed E-state index contributed by atoms with van der Waals surface area (Å²) in [6.07, 6.45) is -1.03. The van der Waals surface area contributed by atoms with Gasteiger partial charge < -0.3 is 20.5 Å². The second-order valence-corrected chi connectivity index (χ2v) is 6.92. The Morgan fingerprint density at radius 1 is 1.15 bits per heavy atom. The normalized spacial score (nSPS) is 24.0. The predicted octanol–water partition coefficient (Wildman–Crippen LogP) is 0.897. The number of aromatic nitrogens is 1. The van der Waals surface area contributed by atoms with E-state index in [1.807, 2.05) is 18.2 Å². The topological polar surface area (TPSA) is 101 Å². The van der Waals surface area contributed by atoms with E-state index < -0.39 is 12.0 Å². The van der Waals surface area contributed by atoms with E-state index >= 15 is 0 Å². The molecule has 7 nitrogen and oxygen atoms in total. The zero-order chi connectivity index (χ0) is 19.0. The van der Waals surface area contributed by atoms with Gasteiger partial charge in [-0.3, -0.25) is 9.59 Å². The van der Waals surface area contributed by atoms with Crippen molar-refractivity contribution in [3.05, 3.63) is 65.0 Å². The minimum atomic E-state index is -1.03. The van der Waals surface area contributed by atoms with E-state index in [-0.39, 0.29) is 23.3 Å². The number of carbonyl (C=O) groups excluding carboxylic acids is 2. The smallest absolute Gasteiger partial charge is 0.269 e. The number of nitrogens with zero attached hydrogens (tertiary/aromatic N) is 1. The maximum absolute atomic E-state index is 12.7. The van der Waals surface area contributed by atoms with E-state index in [4.69, 9.17) is 4.74 Å². The minimum absolute atomic E-state index is 0.0921. The molecule has 1 unspecified atom stereocenters. The predicted molar refractivity (Wildman–Crippen MR) is 97.2 cm³/mol. The molecular weight excluding hydrogens is 346 g/mol. The van der Waals surface area contributed by atoms with Crippen molar-refractivity contribution in [2.75, 3.05) is 20.3 Å². The van der Waals surface area contributed by atoms with E-state index in [9.17, 15) is 14.7 Å². The summed E-state index contributed by atoms with van der Waals surface area (Å²) in [5, 5.41) is 16.2. The molecule has 1 aromatic heterocycles. The molecule has 27 heavy (non-hydrogen) atoms. The Balaban J connectivity index is 1.62. The molecule has 2 amide bonds. The number of aliphatic hydroxyl groups excluding tert-OH is 1. The lowest BCUT2D eigenvalue weighted by Gasteiger charge is -2.14. The Hall–Kier alpha value is -2.77. The number of amides is 2. The van der Waals surface area contributed by atoms with Crippen LogP contribution in [0.2, 0.25) is 0 Å². The van der Waals surface area contributed by atoms with Crippen molar-refractivity contribution in [3.63, 3.8) is 0 Å². The van der Waals surface area contributed by atoms with E-state index in [0.29, 0.717) is 36.2 Å². The molecule has 4 atom stereocenters. The molecular formula is C20H21N3O4. The molecule has 0 bridgehead atoms. The van der Waals surface area contributed by atoms with Crippen LogP contribution in [0.5, 0.6) is 0 Å². The highest BCUT2D eigenvalue weighted by Crippen LogP contribution is 2.44. The van der Waals surface area contributed by atoms with Gasteiger partial charge in [-0.15, -0.1) is 0 Å². The van der Waals surface area contributed by atoms with Gasteiger partial charge in [0.2, 0.25) is 0 Å². The molecule has 4 rings (SSSR count). The third kappa shape index (κ3) is 3.43. The van der Waals surface area contributed by atoms with Crippen LogP contribution in [0, 0.1) is 11.8 Å². The first kappa shape index (κ1) is 17.6. The number of hydrogen-bond acceptors (Lipinski definition) is 5. The van der Waals surface area contributed by atoms with E-state index in [2.05, 4.69) is 15.6 Å². The number of aliphatic hydroxyl groups is 1. The molecule has 140 valence electrons. The fraction of sp³-hybridized carbons (Fsp3) is 0.350. The van der Waals surface area contributed by atoms with Crippen molar-refractivity contribution in [1.82, 2.24) is 15.6 Å². The number of ether oxygens (including phenoxy) is 1. The van der Waals surface area contributed by atoms with Crippen LogP contribution in [0.1, 0.15) is 38.2 Å². The zero-order valence-electron chi connectivity index (χ0n) is 14.9. The molecule has 1 saturated carbocycles. The van der Waals surface area contributed by atoms with Crippen LogP contribution in [0.3, 0.4) is 0 Å². The summed E-state index contributed by atoms with van der Waals surface area (Å²) in [7, 11) is 1.50. The SMILES string of the molecule is CNC(=O)c1cc(C(=O)NC2[C@H]3COC[C@@H]23)cc([C@H](O)c2ccccc2)n1. The fourth-order valence-electron chi connectivity index (χ4n) is 3.56. The lowest BCUT2D eigenvalue weighted by atomic mass is 10.0.